The van der Waals surface area contributed by atoms with Gasteiger partial charge in [-0.25, -0.2) is 0 Å². The van der Waals surface area contributed by atoms with E-state index in [1.807, 2.05) is 6.07 Å². The fraction of sp³-hybridized carbons (Fsp3) is 0.409. The van der Waals surface area contributed by atoms with Crippen molar-refractivity contribution in [1.29, 1.82) is 0 Å². The smallest absolute Gasteiger partial charge is 0.223 e. The lowest BCUT2D eigenvalue weighted by Gasteiger charge is -2.15. The molecule has 1 saturated heterocycles. The van der Waals surface area contributed by atoms with E-state index in [9.17, 15) is 4.79 Å². The van der Waals surface area contributed by atoms with Gasteiger partial charge in [0, 0.05) is 19.0 Å². The summed E-state index contributed by atoms with van der Waals surface area (Å²) < 4.78 is 0. The number of amides is 1. The van der Waals surface area contributed by atoms with Gasteiger partial charge in [0.2, 0.25) is 5.91 Å². The van der Waals surface area contributed by atoms with Crippen molar-refractivity contribution in [3.8, 4) is 11.1 Å². The summed E-state index contributed by atoms with van der Waals surface area (Å²) in [5.41, 5.74) is 5.00. The van der Waals surface area contributed by atoms with Gasteiger partial charge in [0.05, 0.1) is 0 Å². The number of rotatable bonds is 6. The van der Waals surface area contributed by atoms with E-state index in [1.54, 1.807) is 0 Å². The molecule has 0 unspecified atom stereocenters. The fourth-order valence-corrected chi connectivity index (χ4v) is 3.62. The molecule has 4 rings (SSSR count). The van der Waals surface area contributed by atoms with Gasteiger partial charge in [0.15, 0.2) is 0 Å². The Balaban J connectivity index is 1.45. The van der Waals surface area contributed by atoms with Crippen molar-refractivity contribution in [2.75, 3.05) is 13.1 Å². The number of likely N-dealkylation sites (tertiary alicyclic amines) is 1. The minimum absolute atomic E-state index is 0.204. The highest BCUT2D eigenvalue weighted by atomic mass is 16.2. The van der Waals surface area contributed by atoms with Gasteiger partial charge in [0.25, 0.3) is 0 Å². The molecule has 2 fully saturated rings. The number of hydrogen-bond donors (Lipinski definition) is 1. The van der Waals surface area contributed by atoms with Crippen LogP contribution < -0.4 is 5.32 Å². The highest BCUT2D eigenvalue weighted by Crippen LogP contribution is 2.29. The standard InChI is InChI=1S/C22H26N2O/c25-22(19-11-12-19)23-15-20-5-1-2-6-21(20)18-9-7-17(8-10-18)16-24-13-3-4-14-24/h1-2,5-10,19H,3-4,11-16H2,(H,23,25). The summed E-state index contributed by atoms with van der Waals surface area (Å²) in [7, 11) is 0. The summed E-state index contributed by atoms with van der Waals surface area (Å²) in [4.78, 5) is 14.4. The third-order valence-corrected chi connectivity index (χ3v) is 5.29. The van der Waals surface area contributed by atoms with Gasteiger partial charge < -0.3 is 5.32 Å². The second-order valence-corrected chi connectivity index (χ2v) is 7.33. The van der Waals surface area contributed by atoms with Crippen molar-refractivity contribution >= 4 is 5.91 Å². The summed E-state index contributed by atoms with van der Waals surface area (Å²) in [6.07, 6.45) is 4.76. The monoisotopic (exact) mass is 334 g/mol. The van der Waals surface area contributed by atoms with Crippen LogP contribution in [0.2, 0.25) is 0 Å². The SMILES string of the molecule is O=C(NCc1ccccc1-c1ccc(CN2CCCC2)cc1)C1CC1. The van der Waals surface area contributed by atoms with Crippen molar-refractivity contribution < 1.29 is 4.79 Å². The van der Waals surface area contributed by atoms with E-state index in [4.69, 9.17) is 0 Å². The molecule has 1 aliphatic heterocycles. The molecule has 130 valence electrons. The van der Waals surface area contributed by atoms with Gasteiger partial charge in [-0.05, 0) is 61.0 Å². The third-order valence-electron chi connectivity index (χ3n) is 5.29. The van der Waals surface area contributed by atoms with E-state index in [-0.39, 0.29) is 11.8 Å². The summed E-state index contributed by atoms with van der Waals surface area (Å²) in [6, 6.07) is 17.3. The molecule has 25 heavy (non-hydrogen) atoms. The van der Waals surface area contributed by atoms with Gasteiger partial charge in [-0.15, -0.1) is 0 Å². The van der Waals surface area contributed by atoms with Crippen molar-refractivity contribution in [1.82, 2.24) is 10.2 Å². The number of hydrogen-bond acceptors (Lipinski definition) is 2. The van der Waals surface area contributed by atoms with E-state index in [0.29, 0.717) is 6.54 Å². The van der Waals surface area contributed by atoms with Crippen LogP contribution in [0.25, 0.3) is 11.1 Å². The highest BCUT2D eigenvalue weighted by molar-refractivity contribution is 5.81. The maximum absolute atomic E-state index is 11.9. The first-order valence-electron chi connectivity index (χ1n) is 9.47. The Morgan fingerprint density at radius 1 is 1.00 bits per heavy atom. The van der Waals surface area contributed by atoms with Crippen LogP contribution in [-0.2, 0) is 17.9 Å². The van der Waals surface area contributed by atoms with Gasteiger partial charge in [-0.1, -0.05) is 48.5 Å². The van der Waals surface area contributed by atoms with E-state index in [2.05, 4.69) is 52.7 Å². The molecular weight excluding hydrogens is 308 g/mol. The zero-order valence-corrected chi connectivity index (χ0v) is 14.7. The number of carbonyl (C=O) groups excluding carboxylic acids is 1. The lowest BCUT2D eigenvalue weighted by Crippen LogP contribution is -2.24. The Bertz CT molecular complexity index is 728. The Hall–Kier alpha value is -2.13. The van der Waals surface area contributed by atoms with Crippen molar-refractivity contribution in [2.45, 2.75) is 38.8 Å². The average molecular weight is 334 g/mol. The fourth-order valence-electron chi connectivity index (χ4n) is 3.62. The van der Waals surface area contributed by atoms with E-state index in [0.717, 1.165) is 19.4 Å². The number of carbonyl (C=O) groups is 1. The molecule has 0 atom stereocenters. The van der Waals surface area contributed by atoms with Crippen LogP contribution in [0, 0.1) is 5.92 Å². The number of benzene rings is 2. The normalized spacial score (nSPS) is 17.6. The quantitative estimate of drug-likeness (QED) is 0.867. The maximum atomic E-state index is 11.9. The second kappa shape index (κ2) is 7.40. The topological polar surface area (TPSA) is 32.3 Å². The molecule has 2 aromatic rings. The zero-order valence-electron chi connectivity index (χ0n) is 14.7. The van der Waals surface area contributed by atoms with Crippen LogP contribution in [0.1, 0.15) is 36.8 Å². The van der Waals surface area contributed by atoms with Gasteiger partial charge in [0.1, 0.15) is 0 Å². The van der Waals surface area contributed by atoms with E-state index < -0.39 is 0 Å². The third kappa shape index (κ3) is 4.10. The Kier molecular flexibility index (Phi) is 4.84. The molecule has 1 N–H and O–H groups in total. The zero-order chi connectivity index (χ0) is 17.1. The van der Waals surface area contributed by atoms with Crippen LogP contribution in [-0.4, -0.2) is 23.9 Å². The minimum Gasteiger partial charge on any atom is -0.352 e. The van der Waals surface area contributed by atoms with Gasteiger partial charge in [-0.3, -0.25) is 9.69 Å². The molecule has 0 radical (unpaired) electrons. The first-order valence-corrected chi connectivity index (χ1v) is 9.47. The van der Waals surface area contributed by atoms with E-state index in [1.165, 1.54) is 48.2 Å². The first-order chi connectivity index (χ1) is 12.3. The Morgan fingerprint density at radius 2 is 1.72 bits per heavy atom. The largest absolute Gasteiger partial charge is 0.352 e. The average Bonchev–Trinajstić information content (AvgIpc) is 3.38. The van der Waals surface area contributed by atoms with Crippen LogP contribution in [0.15, 0.2) is 48.5 Å². The Morgan fingerprint density at radius 3 is 2.44 bits per heavy atom. The summed E-state index contributed by atoms with van der Waals surface area (Å²) >= 11 is 0. The molecule has 0 bridgehead atoms. The minimum atomic E-state index is 0.204. The molecule has 3 heteroatoms. The van der Waals surface area contributed by atoms with Gasteiger partial charge >= 0.3 is 0 Å². The number of nitrogens with zero attached hydrogens (tertiary/aromatic N) is 1. The summed E-state index contributed by atoms with van der Waals surface area (Å²) in [6.45, 7) is 4.12. The van der Waals surface area contributed by atoms with Crippen LogP contribution in [0.4, 0.5) is 0 Å². The predicted molar refractivity (Wildman–Crippen MR) is 101 cm³/mol. The molecule has 2 aromatic carbocycles. The molecule has 0 spiro atoms. The highest BCUT2D eigenvalue weighted by Gasteiger charge is 2.29. The van der Waals surface area contributed by atoms with Crippen molar-refractivity contribution in [3.05, 3.63) is 59.7 Å². The van der Waals surface area contributed by atoms with Crippen LogP contribution in [0.3, 0.4) is 0 Å². The predicted octanol–water partition coefficient (Wildman–Crippen LogP) is 3.98. The molecule has 3 nitrogen and oxygen atoms in total. The van der Waals surface area contributed by atoms with Crippen LogP contribution in [0.5, 0.6) is 0 Å². The van der Waals surface area contributed by atoms with Crippen molar-refractivity contribution in [2.24, 2.45) is 5.92 Å². The van der Waals surface area contributed by atoms with E-state index >= 15 is 0 Å². The van der Waals surface area contributed by atoms with Crippen LogP contribution >= 0.6 is 0 Å². The molecule has 0 aromatic heterocycles. The van der Waals surface area contributed by atoms with Gasteiger partial charge in [-0.2, -0.15) is 0 Å². The molecule has 1 heterocycles. The maximum Gasteiger partial charge on any atom is 0.223 e. The lowest BCUT2D eigenvalue weighted by atomic mass is 9.98. The molecule has 1 amide bonds. The number of nitrogens with one attached hydrogen (secondary N) is 1. The molecule has 1 aliphatic carbocycles. The second-order valence-electron chi connectivity index (χ2n) is 7.33. The Labute approximate surface area is 150 Å². The summed E-state index contributed by atoms with van der Waals surface area (Å²) in [5, 5.41) is 3.09. The summed E-state index contributed by atoms with van der Waals surface area (Å²) in [5.74, 6) is 0.466. The molecular formula is C22H26N2O. The molecule has 1 saturated carbocycles. The molecule has 2 aliphatic rings. The first kappa shape index (κ1) is 16.3. The lowest BCUT2D eigenvalue weighted by molar-refractivity contribution is -0.122. The van der Waals surface area contributed by atoms with Crippen molar-refractivity contribution in [3.63, 3.8) is 0 Å².